The summed E-state index contributed by atoms with van der Waals surface area (Å²) in [5.74, 6) is 1.45. The fourth-order valence-electron chi connectivity index (χ4n) is 6.99. The molecule has 0 spiro atoms. The highest BCUT2D eigenvalue weighted by atomic mass is 32.3. The molecule has 7 atom stereocenters. The summed E-state index contributed by atoms with van der Waals surface area (Å²) in [6, 6.07) is 0. The Balaban J connectivity index is 1.63. The number of ketones is 1. The first kappa shape index (κ1) is 18.4. The summed E-state index contributed by atoms with van der Waals surface area (Å²) in [6.45, 7) is 4.31. The molecule has 3 saturated carbocycles. The number of carbonyl (C=O) groups is 1. The number of fused-ring (bicyclic) bond motifs is 5. The first-order valence-electron chi connectivity index (χ1n) is 9.62. The number of hydrogen-bond acceptors (Lipinski definition) is 5. The van der Waals surface area contributed by atoms with Crippen molar-refractivity contribution in [2.45, 2.75) is 64.9 Å². The van der Waals surface area contributed by atoms with E-state index in [9.17, 15) is 18.3 Å². The Morgan fingerprint density at radius 3 is 2.62 bits per heavy atom. The lowest BCUT2D eigenvalue weighted by Gasteiger charge is -2.58. The van der Waals surface area contributed by atoms with Crippen LogP contribution in [0.5, 0.6) is 0 Å². The van der Waals surface area contributed by atoms with Crippen LogP contribution in [0.3, 0.4) is 0 Å². The van der Waals surface area contributed by atoms with E-state index in [-0.39, 0.29) is 28.3 Å². The molecule has 0 amide bonds. The van der Waals surface area contributed by atoms with E-state index < -0.39 is 16.5 Å². The molecule has 0 radical (unpaired) electrons. The third-order valence-corrected chi connectivity index (χ3v) is 8.70. The predicted molar refractivity (Wildman–Crippen MR) is 94.6 cm³/mol. The van der Waals surface area contributed by atoms with E-state index in [0.717, 1.165) is 25.7 Å². The van der Waals surface area contributed by atoms with Crippen molar-refractivity contribution in [2.24, 2.45) is 34.5 Å². The van der Waals surface area contributed by atoms with Crippen molar-refractivity contribution >= 4 is 16.2 Å². The zero-order valence-electron chi connectivity index (χ0n) is 15.3. The molecule has 0 saturated heterocycles. The van der Waals surface area contributed by atoms with Crippen LogP contribution < -0.4 is 0 Å². The van der Waals surface area contributed by atoms with Crippen molar-refractivity contribution in [2.75, 3.05) is 0 Å². The van der Waals surface area contributed by atoms with E-state index in [1.54, 1.807) is 0 Å². The van der Waals surface area contributed by atoms with Gasteiger partial charge in [-0.3, -0.25) is 9.35 Å². The van der Waals surface area contributed by atoms with Gasteiger partial charge >= 0.3 is 10.4 Å². The summed E-state index contributed by atoms with van der Waals surface area (Å²) in [7, 11) is -4.44. The standard InChI is InChI=1S/C19H28O6S/c1-18-6-5-15-14(16(18)9-13(10-18)25-26(22,23)24)4-3-11-7-12(20)8-17(21)19(11,15)2/h8,11,13-16,21H,3-7,9-10H2,1-2H3,(H,22,23,24)/t11?,13-,14-,15+,16+,18-,19+/m1/s1. The summed E-state index contributed by atoms with van der Waals surface area (Å²) in [5.41, 5.74) is -0.357. The monoisotopic (exact) mass is 384 g/mol. The van der Waals surface area contributed by atoms with Crippen LogP contribution in [0.25, 0.3) is 0 Å². The zero-order valence-corrected chi connectivity index (χ0v) is 16.2. The van der Waals surface area contributed by atoms with E-state index >= 15 is 0 Å². The molecule has 0 aromatic rings. The highest BCUT2D eigenvalue weighted by Gasteiger charge is 2.61. The van der Waals surface area contributed by atoms with Crippen molar-refractivity contribution in [3.05, 3.63) is 11.8 Å². The fourth-order valence-corrected chi connectivity index (χ4v) is 7.48. The Labute approximate surface area is 155 Å². The minimum atomic E-state index is -4.44. The molecule has 0 aromatic carbocycles. The lowest BCUT2D eigenvalue weighted by molar-refractivity contribution is -0.126. The van der Waals surface area contributed by atoms with Gasteiger partial charge in [-0.25, -0.2) is 4.18 Å². The molecule has 0 aliphatic heterocycles. The van der Waals surface area contributed by atoms with Gasteiger partial charge in [0.2, 0.25) is 0 Å². The van der Waals surface area contributed by atoms with E-state index in [1.165, 1.54) is 6.08 Å². The second kappa shape index (κ2) is 5.79. The topological polar surface area (TPSA) is 101 Å². The molecular weight excluding hydrogens is 356 g/mol. The maximum atomic E-state index is 11.9. The summed E-state index contributed by atoms with van der Waals surface area (Å²) in [4.78, 5) is 11.9. The Hall–Kier alpha value is -0.920. The molecule has 4 rings (SSSR count). The maximum Gasteiger partial charge on any atom is 0.397 e. The molecule has 1 unspecified atom stereocenters. The SMILES string of the molecule is C[C@]12CC[C@H]3[C@@H](CCC4CC(=O)C=C(O)[C@@]43C)[C@@H]1C[C@@H](OS(=O)(=O)O)C2. The lowest BCUT2D eigenvalue weighted by Crippen LogP contribution is -2.53. The van der Waals surface area contributed by atoms with Crippen LogP contribution >= 0.6 is 0 Å². The Kier molecular flexibility index (Phi) is 4.11. The van der Waals surface area contributed by atoms with Gasteiger partial charge in [0.25, 0.3) is 0 Å². The molecule has 7 heteroatoms. The van der Waals surface area contributed by atoms with Crippen molar-refractivity contribution in [1.82, 2.24) is 0 Å². The molecule has 2 N–H and O–H groups in total. The van der Waals surface area contributed by atoms with E-state index in [1.807, 2.05) is 0 Å². The Morgan fingerprint density at radius 2 is 1.92 bits per heavy atom. The lowest BCUT2D eigenvalue weighted by atomic mass is 9.46. The molecule has 0 aromatic heterocycles. The smallest absolute Gasteiger partial charge is 0.397 e. The summed E-state index contributed by atoms with van der Waals surface area (Å²) in [5, 5.41) is 10.7. The van der Waals surface area contributed by atoms with Crippen LogP contribution in [-0.2, 0) is 19.4 Å². The van der Waals surface area contributed by atoms with Crippen LogP contribution in [0.15, 0.2) is 11.8 Å². The highest BCUT2D eigenvalue weighted by molar-refractivity contribution is 7.80. The van der Waals surface area contributed by atoms with Gasteiger partial charge in [-0.05, 0) is 67.6 Å². The van der Waals surface area contributed by atoms with Gasteiger partial charge in [-0.1, -0.05) is 13.8 Å². The van der Waals surface area contributed by atoms with Crippen LogP contribution in [0, 0.1) is 34.5 Å². The van der Waals surface area contributed by atoms with Crippen LogP contribution in [0.2, 0.25) is 0 Å². The molecule has 3 fully saturated rings. The van der Waals surface area contributed by atoms with E-state index in [0.29, 0.717) is 37.0 Å². The molecule has 26 heavy (non-hydrogen) atoms. The quantitative estimate of drug-likeness (QED) is 0.707. The molecule has 6 nitrogen and oxygen atoms in total. The molecule has 0 heterocycles. The number of hydrogen-bond donors (Lipinski definition) is 2. The average Bonchev–Trinajstić information content (AvgIpc) is 2.82. The van der Waals surface area contributed by atoms with Crippen LogP contribution in [0.4, 0.5) is 0 Å². The number of aliphatic hydroxyl groups is 1. The minimum Gasteiger partial charge on any atom is -0.512 e. The van der Waals surface area contributed by atoms with Gasteiger partial charge in [0.1, 0.15) is 5.76 Å². The minimum absolute atomic E-state index is 0.00351. The zero-order chi connectivity index (χ0) is 18.9. The van der Waals surface area contributed by atoms with Gasteiger partial charge in [0.15, 0.2) is 5.78 Å². The Bertz CT molecular complexity index is 758. The highest BCUT2D eigenvalue weighted by Crippen LogP contribution is 2.66. The van der Waals surface area contributed by atoms with Gasteiger partial charge in [0, 0.05) is 17.9 Å². The number of rotatable bonds is 2. The number of allylic oxidation sites excluding steroid dienone is 2. The molecule has 146 valence electrons. The van der Waals surface area contributed by atoms with Crippen molar-refractivity contribution in [3.8, 4) is 0 Å². The Morgan fingerprint density at radius 1 is 1.19 bits per heavy atom. The first-order chi connectivity index (χ1) is 12.0. The first-order valence-corrected chi connectivity index (χ1v) is 11.0. The van der Waals surface area contributed by atoms with Crippen molar-refractivity contribution in [1.29, 1.82) is 0 Å². The van der Waals surface area contributed by atoms with Crippen molar-refractivity contribution < 1.29 is 27.1 Å². The normalized spacial score (nSPS) is 48.3. The molecule has 4 aliphatic rings. The van der Waals surface area contributed by atoms with E-state index in [4.69, 9.17) is 8.74 Å². The van der Waals surface area contributed by atoms with Gasteiger partial charge in [-0.2, -0.15) is 8.42 Å². The second-order valence-corrected chi connectivity index (χ2v) is 10.5. The summed E-state index contributed by atoms with van der Waals surface area (Å²) < 4.78 is 36.3. The average molecular weight is 384 g/mol. The van der Waals surface area contributed by atoms with Crippen LogP contribution in [0.1, 0.15) is 58.8 Å². The van der Waals surface area contributed by atoms with Gasteiger partial charge in [-0.15, -0.1) is 0 Å². The summed E-state index contributed by atoms with van der Waals surface area (Å²) in [6.07, 6.45) is 6.57. The largest absolute Gasteiger partial charge is 0.512 e. The van der Waals surface area contributed by atoms with Gasteiger partial charge in [0.05, 0.1) is 6.10 Å². The number of carbonyl (C=O) groups excluding carboxylic acids is 1. The van der Waals surface area contributed by atoms with Crippen molar-refractivity contribution in [3.63, 3.8) is 0 Å². The van der Waals surface area contributed by atoms with Crippen LogP contribution in [-0.4, -0.2) is 30.0 Å². The fraction of sp³-hybridized carbons (Fsp3) is 0.842. The third kappa shape index (κ3) is 2.74. The second-order valence-electron chi connectivity index (χ2n) is 9.41. The molecule has 0 bridgehead atoms. The van der Waals surface area contributed by atoms with Gasteiger partial charge < -0.3 is 5.11 Å². The predicted octanol–water partition coefficient (Wildman–Crippen LogP) is 3.45. The maximum absolute atomic E-state index is 11.9. The van der Waals surface area contributed by atoms with E-state index in [2.05, 4.69) is 13.8 Å². The molecule has 4 aliphatic carbocycles. The molecular formula is C19H28O6S. The number of aliphatic hydroxyl groups excluding tert-OH is 1. The third-order valence-electron chi connectivity index (χ3n) is 8.19. The summed E-state index contributed by atoms with van der Waals surface area (Å²) >= 11 is 0.